The van der Waals surface area contributed by atoms with Gasteiger partial charge >= 0.3 is 0 Å². The largest absolute Gasteiger partial charge is 0.371 e. The molecule has 0 aliphatic carbocycles. The Balaban J connectivity index is 1.97. The van der Waals surface area contributed by atoms with E-state index in [2.05, 4.69) is 20.8 Å². The van der Waals surface area contributed by atoms with Crippen molar-refractivity contribution in [3.05, 3.63) is 28.5 Å². The van der Waals surface area contributed by atoms with Crippen LogP contribution in [-0.2, 0) is 9.47 Å². The van der Waals surface area contributed by atoms with Crippen LogP contribution in [-0.4, -0.2) is 33.6 Å². The standard InChI is InChI=1S/C14H19BrFNO2/c1-18-14(19-2)10-5-7-17(8-6-10)11-3-4-12(15)13(16)9-11/h3-4,9-10,14H,5-8H2,1-2H3. The molecule has 0 bridgehead atoms. The van der Waals surface area contributed by atoms with Crippen molar-refractivity contribution in [3.63, 3.8) is 0 Å². The molecule has 1 aromatic rings. The van der Waals surface area contributed by atoms with Gasteiger partial charge in [-0.2, -0.15) is 0 Å². The van der Waals surface area contributed by atoms with E-state index in [4.69, 9.17) is 9.47 Å². The Morgan fingerprint density at radius 3 is 2.42 bits per heavy atom. The highest BCUT2D eigenvalue weighted by Crippen LogP contribution is 2.28. The molecule has 5 heteroatoms. The van der Waals surface area contributed by atoms with E-state index in [1.165, 1.54) is 0 Å². The lowest BCUT2D eigenvalue weighted by molar-refractivity contribution is -0.141. The molecule has 0 spiro atoms. The SMILES string of the molecule is COC(OC)C1CCN(c2ccc(Br)c(F)c2)CC1. The summed E-state index contributed by atoms with van der Waals surface area (Å²) in [5.74, 6) is 0.192. The number of piperidine rings is 1. The Labute approximate surface area is 121 Å². The summed E-state index contributed by atoms with van der Waals surface area (Å²) in [6, 6.07) is 5.27. The van der Waals surface area contributed by atoms with E-state index in [9.17, 15) is 4.39 Å². The molecule has 1 saturated heterocycles. The van der Waals surface area contributed by atoms with Gasteiger partial charge in [-0.3, -0.25) is 0 Å². The van der Waals surface area contributed by atoms with Crippen LogP contribution in [0.25, 0.3) is 0 Å². The second kappa shape index (κ2) is 6.68. The van der Waals surface area contributed by atoms with Crippen molar-refractivity contribution in [2.75, 3.05) is 32.2 Å². The van der Waals surface area contributed by atoms with Gasteiger partial charge in [-0.05, 0) is 47.0 Å². The van der Waals surface area contributed by atoms with E-state index in [1.54, 1.807) is 26.4 Å². The maximum absolute atomic E-state index is 13.5. The van der Waals surface area contributed by atoms with Gasteiger partial charge in [0.25, 0.3) is 0 Å². The molecule has 106 valence electrons. The predicted octanol–water partition coefficient (Wildman–Crippen LogP) is 3.42. The number of anilines is 1. The summed E-state index contributed by atoms with van der Waals surface area (Å²) >= 11 is 3.17. The molecule has 3 nitrogen and oxygen atoms in total. The summed E-state index contributed by atoms with van der Waals surface area (Å²) in [6.07, 6.45) is 1.84. The maximum Gasteiger partial charge on any atom is 0.159 e. The van der Waals surface area contributed by atoms with Gasteiger partial charge in [0, 0.05) is 38.9 Å². The maximum atomic E-state index is 13.5. The van der Waals surface area contributed by atoms with Crippen LogP contribution in [0.4, 0.5) is 10.1 Å². The Bertz CT molecular complexity index is 418. The van der Waals surface area contributed by atoms with Gasteiger partial charge in [0.2, 0.25) is 0 Å². The van der Waals surface area contributed by atoms with Crippen LogP contribution in [0.3, 0.4) is 0 Å². The lowest BCUT2D eigenvalue weighted by atomic mass is 9.95. The van der Waals surface area contributed by atoms with E-state index in [-0.39, 0.29) is 12.1 Å². The fourth-order valence-electron chi connectivity index (χ4n) is 2.59. The molecule has 0 radical (unpaired) electrons. The number of benzene rings is 1. The fraction of sp³-hybridized carbons (Fsp3) is 0.571. The van der Waals surface area contributed by atoms with Gasteiger partial charge in [-0.1, -0.05) is 0 Å². The zero-order valence-electron chi connectivity index (χ0n) is 11.2. The molecule has 19 heavy (non-hydrogen) atoms. The summed E-state index contributed by atoms with van der Waals surface area (Å²) in [5.41, 5.74) is 0.936. The number of ether oxygens (including phenoxy) is 2. The highest BCUT2D eigenvalue weighted by molar-refractivity contribution is 9.10. The first kappa shape index (κ1) is 14.8. The van der Waals surface area contributed by atoms with E-state index in [0.717, 1.165) is 31.6 Å². The third-order valence-electron chi connectivity index (χ3n) is 3.66. The quantitative estimate of drug-likeness (QED) is 0.789. The molecular weight excluding hydrogens is 313 g/mol. The Hall–Kier alpha value is -0.650. The van der Waals surface area contributed by atoms with Crippen LogP contribution < -0.4 is 4.90 Å². The van der Waals surface area contributed by atoms with Gasteiger partial charge in [0.15, 0.2) is 6.29 Å². The van der Waals surface area contributed by atoms with Gasteiger partial charge in [-0.25, -0.2) is 4.39 Å². The summed E-state index contributed by atoms with van der Waals surface area (Å²) in [5, 5.41) is 0. The Morgan fingerprint density at radius 2 is 1.89 bits per heavy atom. The molecular formula is C14H19BrFNO2. The summed E-state index contributed by atoms with van der Waals surface area (Å²) in [7, 11) is 3.34. The Morgan fingerprint density at radius 1 is 1.26 bits per heavy atom. The molecule has 1 fully saturated rings. The van der Waals surface area contributed by atoms with E-state index < -0.39 is 0 Å². The van der Waals surface area contributed by atoms with E-state index in [1.807, 2.05) is 6.07 Å². The van der Waals surface area contributed by atoms with Crippen molar-refractivity contribution in [3.8, 4) is 0 Å². The average molecular weight is 332 g/mol. The van der Waals surface area contributed by atoms with Crippen molar-refractivity contribution in [2.45, 2.75) is 19.1 Å². The second-order valence-electron chi connectivity index (χ2n) is 4.76. The lowest BCUT2D eigenvalue weighted by Crippen LogP contribution is -2.39. The number of hydrogen-bond acceptors (Lipinski definition) is 3. The zero-order chi connectivity index (χ0) is 13.8. The minimum absolute atomic E-state index is 0.135. The Kier molecular flexibility index (Phi) is 5.19. The molecule has 1 aliphatic heterocycles. The number of halogens is 2. The molecule has 0 saturated carbocycles. The van der Waals surface area contributed by atoms with E-state index in [0.29, 0.717) is 10.4 Å². The monoisotopic (exact) mass is 331 g/mol. The molecule has 1 aliphatic rings. The number of hydrogen-bond donors (Lipinski definition) is 0. The summed E-state index contributed by atoms with van der Waals surface area (Å²) in [6.45, 7) is 1.80. The topological polar surface area (TPSA) is 21.7 Å². The van der Waals surface area contributed by atoms with Gasteiger partial charge in [-0.15, -0.1) is 0 Å². The molecule has 2 rings (SSSR count). The predicted molar refractivity (Wildman–Crippen MR) is 76.8 cm³/mol. The first-order chi connectivity index (χ1) is 9.15. The van der Waals surface area contributed by atoms with Crippen LogP contribution in [0, 0.1) is 11.7 Å². The first-order valence-electron chi connectivity index (χ1n) is 6.41. The third-order valence-corrected chi connectivity index (χ3v) is 4.30. The third kappa shape index (κ3) is 3.46. The number of rotatable bonds is 4. The smallest absolute Gasteiger partial charge is 0.159 e. The minimum atomic E-state index is -0.216. The van der Waals surface area contributed by atoms with Crippen LogP contribution in [0.1, 0.15) is 12.8 Å². The van der Waals surface area contributed by atoms with Crippen molar-refractivity contribution in [1.82, 2.24) is 0 Å². The van der Waals surface area contributed by atoms with Crippen LogP contribution in [0.5, 0.6) is 0 Å². The first-order valence-corrected chi connectivity index (χ1v) is 7.20. The van der Waals surface area contributed by atoms with Crippen molar-refractivity contribution < 1.29 is 13.9 Å². The lowest BCUT2D eigenvalue weighted by Gasteiger charge is -2.36. The minimum Gasteiger partial charge on any atom is -0.371 e. The van der Waals surface area contributed by atoms with Crippen LogP contribution in [0.15, 0.2) is 22.7 Å². The van der Waals surface area contributed by atoms with Crippen LogP contribution in [0.2, 0.25) is 0 Å². The highest BCUT2D eigenvalue weighted by atomic mass is 79.9. The summed E-state index contributed by atoms with van der Waals surface area (Å²) < 4.78 is 24.7. The fourth-order valence-corrected chi connectivity index (χ4v) is 2.84. The van der Waals surface area contributed by atoms with Crippen molar-refractivity contribution in [1.29, 1.82) is 0 Å². The average Bonchev–Trinajstić information content (AvgIpc) is 2.44. The van der Waals surface area contributed by atoms with Crippen LogP contribution >= 0.6 is 15.9 Å². The molecule has 1 aromatic carbocycles. The second-order valence-corrected chi connectivity index (χ2v) is 5.62. The van der Waals surface area contributed by atoms with Gasteiger partial charge in [0.1, 0.15) is 5.82 Å². The zero-order valence-corrected chi connectivity index (χ0v) is 12.8. The van der Waals surface area contributed by atoms with Gasteiger partial charge < -0.3 is 14.4 Å². The molecule has 0 aromatic heterocycles. The molecule has 0 unspecified atom stereocenters. The van der Waals surface area contributed by atoms with Crippen molar-refractivity contribution >= 4 is 21.6 Å². The van der Waals surface area contributed by atoms with E-state index >= 15 is 0 Å². The van der Waals surface area contributed by atoms with Gasteiger partial charge in [0.05, 0.1) is 4.47 Å². The summed E-state index contributed by atoms with van der Waals surface area (Å²) in [4.78, 5) is 2.20. The number of methoxy groups -OCH3 is 2. The highest BCUT2D eigenvalue weighted by Gasteiger charge is 2.26. The molecule has 0 N–H and O–H groups in total. The normalized spacial score (nSPS) is 17.2. The van der Waals surface area contributed by atoms with Crippen molar-refractivity contribution in [2.24, 2.45) is 5.92 Å². The molecule has 0 atom stereocenters. The number of nitrogens with zero attached hydrogens (tertiary/aromatic N) is 1. The molecule has 1 heterocycles. The molecule has 0 amide bonds.